The maximum Gasteiger partial charge on any atom is -0.0238 e. The van der Waals surface area contributed by atoms with Gasteiger partial charge in [-0.1, -0.05) is 87.9 Å². The van der Waals surface area contributed by atoms with Gasteiger partial charge < -0.3 is 0 Å². The molecule has 2 aromatic rings. The van der Waals surface area contributed by atoms with E-state index in [0.717, 1.165) is 12.8 Å². The molecule has 0 heterocycles. The Balaban J connectivity index is 0.000000741. The average Bonchev–Trinajstić information content (AvgIpc) is 2.52. The number of hydrogen-bond donors (Lipinski definition) is 0. The lowest BCUT2D eigenvalue weighted by Gasteiger charge is -2.02. The van der Waals surface area contributed by atoms with Gasteiger partial charge in [-0.05, 0) is 30.9 Å². The number of aryl methyl sites for hydroxylation is 3. The maximum absolute atomic E-state index is 2.22. The van der Waals surface area contributed by atoms with Gasteiger partial charge in [0.2, 0.25) is 0 Å². The third-order valence-corrected chi connectivity index (χ3v) is 2.67. The maximum atomic E-state index is 2.22. The van der Waals surface area contributed by atoms with E-state index in [9.17, 15) is 0 Å². The summed E-state index contributed by atoms with van der Waals surface area (Å²) in [5.74, 6) is 0. The number of benzene rings is 2. The second-order valence-electron chi connectivity index (χ2n) is 3.97. The fraction of sp³-hybridized carbons (Fsp3) is 0.368. The summed E-state index contributed by atoms with van der Waals surface area (Å²) >= 11 is 0. The van der Waals surface area contributed by atoms with E-state index < -0.39 is 0 Å². The first-order chi connectivity index (χ1) is 9.34. The standard InChI is InChI=1S/C15H16.2C2H6/c1-13-7-9-15(10-8-13)12-11-14-5-3-2-4-6-14;2*1-2/h2-10H,11-12H2,1H3;2*1-2H3. The molecule has 2 rings (SSSR count). The average molecular weight is 256 g/mol. The molecule has 0 spiro atoms. The topological polar surface area (TPSA) is 0 Å². The Morgan fingerprint density at radius 1 is 0.579 bits per heavy atom. The zero-order chi connectivity index (χ0) is 14.5. The highest BCUT2D eigenvalue weighted by Crippen LogP contribution is 2.08. The van der Waals surface area contributed by atoms with Crippen LogP contribution in [0.3, 0.4) is 0 Å². The Bertz CT molecular complexity index is 398. The lowest BCUT2D eigenvalue weighted by atomic mass is 10.0. The molecule has 0 aliphatic rings. The molecule has 104 valence electrons. The van der Waals surface area contributed by atoms with Crippen LogP contribution in [-0.4, -0.2) is 0 Å². The quantitative estimate of drug-likeness (QED) is 0.648. The van der Waals surface area contributed by atoms with Crippen LogP contribution in [0.2, 0.25) is 0 Å². The van der Waals surface area contributed by atoms with Crippen molar-refractivity contribution in [2.75, 3.05) is 0 Å². The number of hydrogen-bond acceptors (Lipinski definition) is 0. The second kappa shape index (κ2) is 11.5. The molecule has 0 atom stereocenters. The molecule has 0 nitrogen and oxygen atoms in total. The predicted octanol–water partition coefficient (Wildman–Crippen LogP) is 5.83. The molecule has 19 heavy (non-hydrogen) atoms. The molecular weight excluding hydrogens is 228 g/mol. The van der Waals surface area contributed by atoms with Crippen molar-refractivity contribution < 1.29 is 0 Å². The monoisotopic (exact) mass is 256 g/mol. The van der Waals surface area contributed by atoms with E-state index in [-0.39, 0.29) is 0 Å². The van der Waals surface area contributed by atoms with Crippen molar-refractivity contribution in [2.45, 2.75) is 47.5 Å². The molecule has 0 N–H and O–H groups in total. The molecule has 0 aromatic heterocycles. The largest absolute Gasteiger partial charge is 0.0683 e. The minimum Gasteiger partial charge on any atom is -0.0683 e. The first-order valence-corrected chi connectivity index (χ1v) is 7.44. The Labute approximate surface area is 119 Å². The zero-order valence-corrected chi connectivity index (χ0v) is 13.1. The zero-order valence-electron chi connectivity index (χ0n) is 13.1. The van der Waals surface area contributed by atoms with Crippen molar-refractivity contribution in [2.24, 2.45) is 0 Å². The Morgan fingerprint density at radius 2 is 1.00 bits per heavy atom. The van der Waals surface area contributed by atoms with E-state index >= 15 is 0 Å². The second-order valence-corrected chi connectivity index (χ2v) is 3.97. The molecule has 0 bridgehead atoms. The normalized spacial score (nSPS) is 8.68. The van der Waals surface area contributed by atoms with Gasteiger partial charge in [-0.3, -0.25) is 0 Å². The van der Waals surface area contributed by atoms with Crippen LogP contribution in [0, 0.1) is 6.92 Å². The molecule has 0 fully saturated rings. The van der Waals surface area contributed by atoms with Gasteiger partial charge in [0.25, 0.3) is 0 Å². The Kier molecular flexibility index (Phi) is 10.6. The van der Waals surface area contributed by atoms with E-state index in [4.69, 9.17) is 0 Å². The summed E-state index contributed by atoms with van der Waals surface area (Å²) in [7, 11) is 0. The molecule has 0 radical (unpaired) electrons. The molecule has 0 amide bonds. The van der Waals surface area contributed by atoms with Crippen LogP contribution >= 0.6 is 0 Å². The number of rotatable bonds is 3. The smallest absolute Gasteiger partial charge is 0.0238 e. The van der Waals surface area contributed by atoms with Crippen LogP contribution < -0.4 is 0 Å². The van der Waals surface area contributed by atoms with Crippen molar-refractivity contribution in [3.05, 3.63) is 71.3 Å². The van der Waals surface area contributed by atoms with Gasteiger partial charge in [0, 0.05) is 0 Å². The Morgan fingerprint density at radius 3 is 1.47 bits per heavy atom. The van der Waals surface area contributed by atoms with Crippen molar-refractivity contribution in [1.29, 1.82) is 0 Å². The van der Waals surface area contributed by atoms with Gasteiger partial charge in [0.05, 0.1) is 0 Å². The first kappa shape index (κ1) is 17.4. The molecule has 0 unspecified atom stereocenters. The predicted molar refractivity (Wildman–Crippen MR) is 87.7 cm³/mol. The van der Waals surface area contributed by atoms with Crippen molar-refractivity contribution in [3.8, 4) is 0 Å². The lowest BCUT2D eigenvalue weighted by Crippen LogP contribution is -1.90. The SMILES string of the molecule is CC.CC.Cc1ccc(CCc2ccccc2)cc1. The minimum atomic E-state index is 1.13. The highest BCUT2D eigenvalue weighted by molar-refractivity contribution is 5.23. The highest BCUT2D eigenvalue weighted by atomic mass is 14.0. The van der Waals surface area contributed by atoms with Gasteiger partial charge in [-0.2, -0.15) is 0 Å². The molecule has 0 aliphatic heterocycles. The molecular formula is C19H28. The summed E-state index contributed by atoms with van der Waals surface area (Å²) < 4.78 is 0. The molecule has 0 aliphatic carbocycles. The van der Waals surface area contributed by atoms with E-state index in [1.807, 2.05) is 27.7 Å². The van der Waals surface area contributed by atoms with Gasteiger partial charge in [0.15, 0.2) is 0 Å². The van der Waals surface area contributed by atoms with Crippen LogP contribution in [0.5, 0.6) is 0 Å². The van der Waals surface area contributed by atoms with Gasteiger partial charge in [-0.15, -0.1) is 0 Å². The summed E-state index contributed by atoms with van der Waals surface area (Å²) in [4.78, 5) is 0. The lowest BCUT2D eigenvalue weighted by molar-refractivity contribution is 0.959. The summed E-state index contributed by atoms with van der Waals surface area (Å²) in [6.07, 6.45) is 2.26. The summed E-state index contributed by atoms with van der Waals surface area (Å²) in [5, 5.41) is 0. The summed E-state index contributed by atoms with van der Waals surface area (Å²) in [5.41, 5.74) is 4.17. The van der Waals surface area contributed by atoms with Crippen molar-refractivity contribution >= 4 is 0 Å². The third-order valence-electron chi connectivity index (χ3n) is 2.67. The molecule has 0 saturated heterocycles. The fourth-order valence-electron chi connectivity index (χ4n) is 1.69. The fourth-order valence-corrected chi connectivity index (χ4v) is 1.69. The minimum absolute atomic E-state index is 1.13. The molecule has 0 heteroatoms. The highest BCUT2D eigenvalue weighted by Gasteiger charge is 1.94. The summed E-state index contributed by atoms with van der Waals surface area (Å²) in [6, 6.07) is 19.4. The molecule has 2 aromatic carbocycles. The van der Waals surface area contributed by atoms with Gasteiger partial charge in [0.1, 0.15) is 0 Å². The van der Waals surface area contributed by atoms with E-state index in [2.05, 4.69) is 61.5 Å². The van der Waals surface area contributed by atoms with Crippen LogP contribution in [0.15, 0.2) is 54.6 Å². The van der Waals surface area contributed by atoms with Crippen molar-refractivity contribution in [1.82, 2.24) is 0 Å². The van der Waals surface area contributed by atoms with Crippen LogP contribution in [0.25, 0.3) is 0 Å². The van der Waals surface area contributed by atoms with Gasteiger partial charge in [-0.25, -0.2) is 0 Å². The van der Waals surface area contributed by atoms with Crippen LogP contribution in [-0.2, 0) is 12.8 Å². The Hall–Kier alpha value is -1.56. The molecule has 0 saturated carbocycles. The van der Waals surface area contributed by atoms with Crippen LogP contribution in [0.4, 0.5) is 0 Å². The van der Waals surface area contributed by atoms with Crippen molar-refractivity contribution in [3.63, 3.8) is 0 Å². The van der Waals surface area contributed by atoms with E-state index in [1.165, 1.54) is 16.7 Å². The third kappa shape index (κ3) is 7.46. The van der Waals surface area contributed by atoms with Gasteiger partial charge >= 0.3 is 0 Å². The van der Waals surface area contributed by atoms with E-state index in [0.29, 0.717) is 0 Å². The van der Waals surface area contributed by atoms with Crippen LogP contribution in [0.1, 0.15) is 44.4 Å². The first-order valence-electron chi connectivity index (χ1n) is 7.44. The van der Waals surface area contributed by atoms with E-state index in [1.54, 1.807) is 0 Å². The summed E-state index contributed by atoms with van der Waals surface area (Å²) in [6.45, 7) is 10.1.